The van der Waals surface area contributed by atoms with E-state index in [1.54, 1.807) is 0 Å². The van der Waals surface area contributed by atoms with Crippen LogP contribution in [-0.4, -0.2) is 40.0 Å². The van der Waals surface area contributed by atoms with Gasteiger partial charge in [0.1, 0.15) is 0 Å². The molecule has 1 aliphatic heterocycles. The summed E-state index contributed by atoms with van der Waals surface area (Å²) >= 11 is 2.08. The zero-order chi connectivity index (χ0) is 15.3. The summed E-state index contributed by atoms with van der Waals surface area (Å²) in [5, 5.41) is 8.15. The van der Waals surface area contributed by atoms with Crippen LogP contribution in [0.2, 0.25) is 0 Å². The summed E-state index contributed by atoms with van der Waals surface area (Å²) < 4.78 is 7.91. The van der Waals surface area contributed by atoms with E-state index < -0.39 is 0 Å². The van der Waals surface area contributed by atoms with Crippen molar-refractivity contribution in [2.24, 2.45) is 0 Å². The second-order valence-corrected chi connectivity index (χ2v) is 7.91. The van der Waals surface area contributed by atoms with Gasteiger partial charge < -0.3 is 10.1 Å². The van der Waals surface area contributed by atoms with Crippen LogP contribution in [0.25, 0.3) is 0 Å². The normalized spacial score (nSPS) is 19.9. The first-order chi connectivity index (χ1) is 10.1. The highest BCUT2D eigenvalue weighted by Gasteiger charge is 2.32. The topological polar surface area (TPSA) is 39.1 Å². The van der Waals surface area contributed by atoms with E-state index >= 15 is 0 Å². The van der Waals surface area contributed by atoms with Crippen LogP contribution in [0.3, 0.4) is 0 Å². The number of rotatable bonds is 7. The number of ether oxygens (including phenoxy) is 1. The monoisotopic (exact) mass is 311 g/mol. The molecule has 1 atom stereocenters. The van der Waals surface area contributed by atoms with Crippen molar-refractivity contribution >= 4 is 11.8 Å². The predicted octanol–water partition coefficient (Wildman–Crippen LogP) is 3.42. The van der Waals surface area contributed by atoms with Gasteiger partial charge in [-0.15, -0.1) is 0 Å². The Morgan fingerprint density at radius 3 is 2.67 bits per heavy atom. The fraction of sp³-hybridized carbons (Fsp3) is 0.812. The molecule has 0 spiro atoms. The Morgan fingerprint density at radius 1 is 1.38 bits per heavy atom. The highest BCUT2D eigenvalue weighted by Crippen LogP contribution is 2.35. The van der Waals surface area contributed by atoms with Crippen molar-refractivity contribution in [3.63, 3.8) is 0 Å². The fourth-order valence-corrected chi connectivity index (χ4v) is 3.99. The molecule has 0 bridgehead atoms. The lowest BCUT2D eigenvalue weighted by Crippen LogP contribution is -2.43. The highest BCUT2D eigenvalue weighted by molar-refractivity contribution is 8.00. The van der Waals surface area contributed by atoms with Gasteiger partial charge in [0.25, 0.3) is 0 Å². The van der Waals surface area contributed by atoms with Gasteiger partial charge in [-0.3, -0.25) is 4.68 Å². The first-order valence-electron chi connectivity index (χ1n) is 8.05. The number of hydrogen-bond donors (Lipinski definition) is 1. The average molecular weight is 311 g/mol. The lowest BCUT2D eigenvalue weighted by Gasteiger charge is -2.37. The summed E-state index contributed by atoms with van der Waals surface area (Å²) in [4.78, 5) is 0. The van der Waals surface area contributed by atoms with Gasteiger partial charge >= 0.3 is 0 Å². The summed E-state index contributed by atoms with van der Waals surface area (Å²) in [5.41, 5.74) is 1.27. The van der Waals surface area contributed by atoms with Gasteiger partial charge in [0.15, 0.2) is 0 Å². The second kappa shape index (κ2) is 7.65. The molecular formula is C16H29N3OS. The summed E-state index contributed by atoms with van der Waals surface area (Å²) in [6, 6.07) is 0.762. The molecule has 0 amide bonds. The zero-order valence-corrected chi connectivity index (χ0v) is 14.6. The van der Waals surface area contributed by atoms with Crippen molar-refractivity contribution in [1.82, 2.24) is 15.1 Å². The molecule has 2 rings (SSSR count). The number of thioether (sulfide) groups is 1. The van der Waals surface area contributed by atoms with Crippen LogP contribution >= 0.6 is 11.8 Å². The minimum atomic E-state index is 0.342. The van der Waals surface area contributed by atoms with E-state index in [2.05, 4.69) is 56.1 Å². The van der Waals surface area contributed by atoms with Crippen LogP contribution < -0.4 is 5.32 Å². The van der Waals surface area contributed by atoms with E-state index in [1.165, 1.54) is 11.3 Å². The summed E-state index contributed by atoms with van der Waals surface area (Å²) in [6.07, 6.45) is 6.44. The molecule has 1 aromatic rings. The van der Waals surface area contributed by atoms with E-state index in [1.807, 2.05) is 10.9 Å². The molecule has 1 fully saturated rings. The molecule has 0 aromatic carbocycles. The predicted molar refractivity (Wildman–Crippen MR) is 89.9 cm³/mol. The van der Waals surface area contributed by atoms with E-state index in [-0.39, 0.29) is 0 Å². The van der Waals surface area contributed by atoms with E-state index in [0.717, 1.165) is 32.6 Å². The van der Waals surface area contributed by atoms with E-state index in [4.69, 9.17) is 4.74 Å². The van der Waals surface area contributed by atoms with Crippen molar-refractivity contribution in [2.45, 2.75) is 57.4 Å². The van der Waals surface area contributed by atoms with E-state index in [9.17, 15) is 0 Å². The molecular weight excluding hydrogens is 282 g/mol. The van der Waals surface area contributed by atoms with Gasteiger partial charge in [-0.2, -0.15) is 16.9 Å². The summed E-state index contributed by atoms with van der Waals surface area (Å²) in [6.45, 7) is 11.6. The minimum absolute atomic E-state index is 0.342. The molecule has 2 heterocycles. The van der Waals surface area contributed by atoms with Gasteiger partial charge in [-0.1, -0.05) is 6.92 Å². The van der Waals surface area contributed by atoms with Crippen LogP contribution in [0, 0.1) is 0 Å². The first kappa shape index (κ1) is 16.8. The van der Waals surface area contributed by atoms with Gasteiger partial charge in [0.05, 0.1) is 6.20 Å². The van der Waals surface area contributed by atoms with Gasteiger partial charge in [-0.25, -0.2) is 0 Å². The Bertz CT molecular complexity index is 421. The van der Waals surface area contributed by atoms with Crippen molar-refractivity contribution < 1.29 is 4.74 Å². The lowest BCUT2D eigenvalue weighted by molar-refractivity contribution is 0.0766. The van der Waals surface area contributed by atoms with Crippen molar-refractivity contribution in [1.29, 1.82) is 0 Å². The molecule has 0 radical (unpaired) electrons. The number of hydrogen-bond acceptors (Lipinski definition) is 4. The Morgan fingerprint density at radius 2 is 2.10 bits per heavy atom. The molecule has 0 saturated carbocycles. The number of nitrogens with one attached hydrogen (secondary N) is 1. The smallest absolute Gasteiger partial charge is 0.0537 e. The van der Waals surface area contributed by atoms with Crippen LogP contribution in [0.4, 0.5) is 0 Å². The van der Waals surface area contributed by atoms with Crippen molar-refractivity contribution in [3.8, 4) is 0 Å². The zero-order valence-electron chi connectivity index (χ0n) is 13.8. The maximum atomic E-state index is 5.54. The third kappa shape index (κ3) is 4.47. The lowest BCUT2D eigenvalue weighted by atomic mass is 9.98. The molecule has 4 nitrogen and oxygen atoms in total. The molecule has 21 heavy (non-hydrogen) atoms. The van der Waals surface area contributed by atoms with Gasteiger partial charge in [0.2, 0.25) is 0 Å². The van der Waals surface area contributed by atoms with Crippen LogP contribution in [0.1, 0.15) is 58.2 Å². The Balaban J connectivity index is 1.92. The molecule has 1 saturated heterocycles. The minimum Gasteiger partial charge on any atom is -0.381 e. The van der Waals surface area contributed by atoms with Crippen LogP contribution in [-0.2, 0) is 4.74 Å². The van der Waals surface area contributed by atoms with Crippen LogP contribution in [0.15, 0.2) is 12.4 Å². The molecule has 1 N–H and O–H groups in total. The summed E-state index contributed by atoms with van der Waals surface area (Å²) in [7, 11) is 0. The third-order valence-corrected chi connectivity index (χ3v) is 5.69. The van der Waals surface area contributed by atoms with Crippen molar-refractivity contribution in [2.75, 3.05) is 25.5 Å². The molecule has 1 aromatic heterocycles. The molecule has 0 aliphatic carbocycles. The molecule has 1 aliphatic rings. The quantitative estimate of drug-likeness (QED) is 0.837. The number of nitrogens with zero attached hydrogens (tertiary/aromatic N) is 2. The van der Waals surface area contributed by atoms with E-state index in [0.29, 0.717) is 16.8 Å². The maximum absolute atomic E-state index is 5.54. The Kier molecular flexibility index (Phi) is 6.14. The maximum Gasteiger partial charge on any atom is 0.0537 e. The van der Waals surface area contributed by atoms with Crippen LogP contribution in [0.5, 0.6) is 0 Å². The third-order valence-electron chi connectivity index (χ3n) is 4.24. The fourth-order valence-electron chi connectivity index (χ4n) is 2.74. The average Bonchev–Trinajstić information content (AvgIpc) is 2.96. The largest absolute Gasteiger partial charge is 0.381 e. The SMILES string of the molecule is CCSC1(CNC(C)c2cnn(C(C)C)c2)CCOCC1. The second-order valence-electron chi connectivity index (χ2n) is 6.18. The summed E-state index contributed by atoms with van der Waals surface area (Å²) in [5.74, 6) is 1.17. The molecule has 5 heteroatoms. The highest BCUT2D eigenvalue weighted by atomic mass is 32.2. The number of aromatic nitrogens is 2. The first-order valence-corrected chi connectivity index (χ1v) is 9.04. The Hall–Kier alpha value is -0.520. The van der Waals surface area contributed by atoms with Crippen molar-refractivity contribution in [3.05, 3.63) is 18.0 Å². The standard InChI is InChI=1S/C16H29N3OS/c1-5-21-16(6-8-20-9-7-16)12-17-14(4)15-10-18-19(11-15)13(2)3/h10-11,13-14,17H,5-9,12H2,1-4H3. The van der Waals surface area contributed by atoms with Gasteiger partial charge in [-0.05, 0) is 39.4 Å². The molecule has 1 unspecified atom stereocenters. The Labute approximate surface area is 133 Å². The van der Waals surface area contributed by atoms with Gasteiger partial charge in [0, 0.05) is 48.3 Å². The molecule has 120 valence electrons.